The number of para-hydroxylation sites is 1. The number of thioether (sulfide) groups is 1. The Morgan fingerprint density at radius 2 is 1.93 bits per heavy atom. The third-order valence-corrected chi connectivity index (χ3v) is 8.31. The summed E-state index contributed by atoms with van der Waals surface area (Å²) < 4.78 is 61.5. The molecule has 2 aromatic heterocycles. The van der Waals surface area contributed by atoms with E-state index in [1.807, 2.05) is 6.07 Å². The fourth-order valence-electron chi connectivity index (χ4n) is 4.77. The molecule has 0 bridgehead atoms. The normalized spacial score (nSPS) is 16.5. The molecule has 3 heterocycles. The quantitative estimate of drug-likeness (QED) is 0.216. The maximum absolute atomic E-state index is 14.2. The van der Waals surface area contributed by atoms with Crippen molar-refractivity contribution >= 4 is 29.3 Å². The number of carbonyl (C=O) groups is 1. The third-order valence-electron chi connectivity index (χ3n) is 6.52. The number of aromatic nitrogens is 5. The number of rotatable bonds is 8. The lowest BCUT2D eigenvalue weighted by Gasteiger charge is -2.24. The molecule has 14 heteroatoms. The zero-order valence-corrected chi connectivity index (χ0v) is 23.8. The molecule has 2 aromatic carbocycles. The molecule has 0 aliphatic carbocycles. The lowest BCUT2D eigenvalue weighted by atomic mass is 10.0. The molecular weight excluding hydrogens is 583 g/mol. The highest BCUT2D eigenvalue weighted by Gasteiger charge is 2.43. The standard InChI is InChI=1S/C27H25ClF3N5O4S/c1-4-40-25(37)15-13-32-35(14-15)11-10-21-24-33-34-26(27(29,30)31)36(24)19-9-8-16(28)12-18(19)23(41-21)17-6-5-7-20(38-2)22(17)39-3/h5-9,12-14,21,23H,4,10-11H2,1-3H3/t21-,23-/m1/s1. The molecule has 5 rings (SSSR count). The van der Waals surface area contributed by atoms with Gasteiger partial charge in [0.05, 0.1) is 48.8 Å². The van der Waals surface area contributed by atoms with Crippen LogP contribution in [0.5, 0.6) is 11.5 Å². The number of ether oxygens (including phenoxy) is 3. The van der Waals surface area contributed by atoms with Crippen LogP contribution in [0.25, 0.3) is 5.69 Å². The van der Waals surface area contributed by atoms with Gasteiger partial charge in [-0.25, -0.2) is 4.79 Å². The highest BCUT2D eigenvalue weighted by Crippen LogP contribution is 2.54. The molecule has 0 radical (unpaired) electrons. The SMILES string of the molecule is CCOC(=O)c1cnn(CC[C@H]2S[C@H](c3cccc(OC)c3OC)c3cc(Cl)ccc3-n3c2nnc3C(F)(F)F)c1. The second-order valence-corrected chi connectivity index (χ2v) is 10.8. The van der Waals surface area contributed by atoms with E-state index in [0.29, 0.717) is 34.1 Å². The molecular formula is C27H25ClF3N5O4S. The first-order valence-corrected chi connectivity index (χ1v) is 13.9. The van der Waals surface area contributed by atoms with Gasteiger partial charge in [0.1, 0.15) is 0 Å². The Kier molecular flexibility index (Phi) is 8.18. The number of alkyl halides is 3. The summed E-state index contributed by atoms with van der Waals surface area (Å²) in [6, 6.07) is 10.1. The number of hydrogen-bond donors (Lipinski definition) is 0. The number of methoxy groups -OCH3 is 2. The monoisotopic (exact) mass is 607 g/mol. The predicted molar refractivity (Wildman–Crippen MR) is 146 cm³/mol. The summed E-state index contributed by atoms with van der Waals surface area (Å²) >= 11 is 7.79. The molecule has 1 aliphatic rings. The highest BCUT2D eigenvalue weighted by atomic mass is 35.5. The van der Waals surface area contributed by atoms with E-state index in [4.69, 9.17) is 25.8 Å². The van der Waals surface area contributed by atoms with Gasteiger partial charge in [-0.1, -0.05) is 23.7 Å². The smallest absolute Gasteiger partial charge is 0.452 e. The van der Waals surface area contributed by atoms with Crippen molar-refractivity contribution in [3.8, 4) is 17.2 Å². The zero-order valence-electron chi connectivity index (χ0n) is 22.2. The minimum absolute atomic E-state index is 0.132. The number of fused-ring (bicyclic) bond motifs is 3. The van der Waals surface area contributed by atoms with Crippen molar-refractivity contribution in [1.82, 2.24) is 24.5 Å². The fourth-order valence-corrected chi connectivity index (χ4v) is 6.47. The first kappa shape index (κ1) is 28.8. The molecule has 2 atom stereocenters. The molecule has 0 saturated heterocycles. The van der Waals surface area contributed by atoms with Gasteiger partial charge >= 0.3 is 12.1 Å². The van der Waals surface area contributed by atoms with Gasteiger partial charge in [0.25, 0.3) is 0 Å². The number of benzene rings is 2. The van der Waals surface area contributed by atoms with E-state index in [-0.39, 0.29) is 30.2 Å². The summed E-state index contributed by atoms with van der Waals surface area (Å²) in [4.78, 5) is 12.1. The number of halogens is 4. The minimum atomic E-state index is -4.76. The van der Waals surface area contributed by atoms with Gasteiger partial charge in [0, 0.05) is 23.3 Å². The van der Waals surface area contributed by atoms with Crippen LogP contribution < -0.4 is 9.47 Å². The lowest BCUT2D eigenvalue weighted by Crippen LogP contribution is -2.16. The van der Waals surface area contributed by atoms with Crippen LogP contribution in [0.1, 0.15) is 57.0 Å². The Morgan fingerprint density at radius 1 is 1.12 bits per heavy atom. The summed E-state index contributed by atoms with van der Waals surface area (Å²) in [6.45, 7) is 2.21. The Morgan fingerprint density at radius 3 is 2.63 bits per heavy atom. The zero-order chi connectivity index (χ0) is 29.3. The summed E-state index contributed by atoms with van der Waals surface area (Å²) in [5.74, 6) is -0.572. The van der Waals surface area contributed by atoms with E-state index in [0.717, 1.165) is 4.57 Å². The van der Waals surface area contributed by atoms with Crippen LogP contribution in [-0.4, -0.2) is 51.3 Å². The van der Waals surface area contributed by atoms with Crippen molar-refractivity contribution in [1.29, 1.82) is 0 Å². The van der Waals surface area contributed by atoms with Gasteiger partial charge in [-0.2, -0.15) is 18.3 Å². The Balaban J connectivity index is 1.63. The Labute approximate surface area is 242 Å². The van der Waals surface area contributed by atoms with E-state index in [1.165, 1.54) is 38.2 Å². The third kappa shape index (κ3) is 5.60. The average molecular weight is 608 g/mol. The van der Waals surface area contributed by atoms with Gasteiger partial charge in [0.2, 0.25) is 5.82 Å². The van der Waals surface area contributed by atoms with Crippen LogP contribution in [0.4, 0.5) is 13.2 Å². The van der Waals surface area contributed by atoms with Crippen molar-refractivity contribution in [3.63, 3.8) is 0 Å². The van der Waals surface area contributed by atoms with E-state index < -0.39 is 28.5 Å². The average Bonchev–Trinajstić information content (AvgIpc) is 3.58. The van der Waals surface area contributed by atoms with Crippen LogP contribution in [0.3, 0.4) is 0 Å². The molecule has 41 heavy (non-hydrogen) atoms. The molecule has 0 N–H and O–H groups in total. The summed E-state index contributed by atoms with van der Waals surface area (Å²) in [6.07, 6.45) is -1.51. The second-order valence-electron chi connectivity index (χ2n) is 9.01. The Bertz CT molecular complexity index is 1570. The number of hydrogen-bond acceptors (Lipinski definition) is 8. The number of aryl methyl sites for hydroxylation is 1. The summed E-state index contributed by atoms with van der Waals surface area (Å²) in [5.41, 5.74) is 1.77. The largest absolute Gasteiger partial charge is 0.493 e. The Hall–Kier alpha value is -3.71. The molecule has 0 spiro atoms. The van der Waals surface area contributed by atoms with Gasteiger partial charge in [-0.05, 0) is 43.2 Å². The summed E-state index contributed by atoms with van der Waals surface area (Å²) in [7, 11) is 3.02. The minimum Gasteiger partial charge on any atom is -0.493 e. The van der Waals surface area contributed by atoms with Crippen LogP contribution in [-0.2, 0) is 17.5 Å². The van der Waals surface area contributed by atoms with Crippen LogP contribution in [0.2, 0.25) is 5.02 Å². The molecule has 216 valence electrons. The van der Waals surface area contributed by atoms with Crippen molar-refractivity contribution in [2.24, 2.45) is 0 Å². The highest BCUT2D eigenvalue weighted by molar-refractivity contribution is 8.00. The second kappa shape index (κ2) is 11.6. The first-order chi connectivity index (χ1) is 19.7. The fraction of sp³-hybridized carbons (Fsp3) is 0.333. The molecule has 0 amide bonds. The van der Waals surface area contributed by atoms with E-state index in [2.05, 4.69) is 15.3 Å². The molecule has 0 fully saturated rings. The van der Waals surface area contributed by atoms with E-state index in [1.54, 1.807) is 42.1 Å². The predicted octanol–water partition coefficient (Wildman–Crippen LogP) is 6.30. The van der Waals surface area contributed by atoms with E-state index >= 15 is 0 Å². The van der Waals surface area contributed by atoms with Gasteiger partial charge in [-0.15, -0.1) is 22.0 Å². The molecule has 4 aromatic rings. The number of carbonyl (C=O) groups excluding carboxylic acids is 1. The first-order valence-electron chi connectivity index (χ1n) is 12.5. The van der Waals surface area contributed by atoms with E-state index in [9.17, 15) is 18.0 Å². The molecule has 1 aliphatic heterocycles. The van der Waals surface area contributed by atoms with Crippen molar-refractivity contribution < 1.29 is 32.2 Å². The topological polar surface area (TPSA) is 93.3 Å². The molecule has 0 unspecified atom stereocenters. The summed E-state index contributed by atoms with van der Waals surface area (Å²) in [5, 5.41) is 11.1. The maximum Gasteiger partial charge on any atom is 0.452 e. The lowest BCUT2D eigenvalue weighted by molar-refractivity contribution is -0.146. The van der Waals surface area contributed by atoms with Crippen molar-refractivity contribution in [2.75, 3.05) is 20.8 Å². The van der Waals surface area contributed by atoms with Gasteiger partial charge < -0.3 is 14.2 Å². The molecule has 9 nitrogen and oxygen atoms in total. The number of nitrogens with zero attached hydrogens (tertiary/aromatic N) is 5. The number of esters is 1. The van der Waals surface area contributed by atoms with Crippen molar-refractivity contribution in [2.45, 2.75) is 36.6 Å². The van der Waals surface area contributed by atoms with Gasteiger partial charge in [0.15, 0.2) is 17.3 Å². The maximum atomic E-state index is 14.2. The van der Waals surface area contributed by atoms with Crippen LogP contribution >= 0.6 is 23.4 Å². The van der Waals surface area contributed by atoms with Crippen LogP contribution in [0, 0.1) is 0 Å². The van der Waals surface area contributed by atoms with Crippen molar-refractivity contribution in [3.05, 3.63) is 82.2 Å². The van der Waals surface area contributed by atoms with Gasteiger partial charge in [-0.3, -0.25) is 9.25 Å². The van der Waals surface area contributed by atoms with Crippen LogP contribution in [0.15, 0.2) is 48.8 Å². The molecule has 0 saturated carbocycles.